The van der Waals surface area contributed by atoms with Crippen LogP contribution in [0.1, 0.15) is 13.8 Å². The number of rotatable bonds is 6. The van der Waals surface area contributed by atoms with Crippen molar-refractivity contribution in [3.63, 3.8) is 0 Å². The third kappa shape index (κ3) is 3.51. The van der Waals surface area contributed by atoms with Crippen molar-refractivity contribution in [1.82, 2.24) is 10.2 Å². The van der Waals surface area contributed by atoms with Gasteiger partial charge >= 0.3 is 0 Å². The molecule has 1 heterocycles. The Labute approximate surface area is 158 Å². The van der Waals surface area contributed by atoms with E-state index in [9.17, 15) is 0 Å². The fraction of sp³-hybridized carbons (Fsp3) is 0.174. The average molecular weight is 358 g/mol. The second kappa shape index (κ2) is 7.54. The zero-order valence-electron chi connectivity index (χ0n) is 15.5. The summed E-state index contributed by atoms with van der Waals surface area (Å²) in [6.45, 7) is 5.28. The van der Waals surface area contributed by atoms with Crippen LogP contribution in [0.3, 0.4) is 0 Å². The standard InChI is InChI=1S/C23H22N2O2/c1-3-26-19-9-5-7-16(13-19)17-11-12-21-22(15-17)24-25-23(21)18-8-6-10-20(14-18)27-4-2/h5-15H,3-4H2,1-2H3,(H,24,25). The molecule has 0 aliphatic heterocycles. The molecule has 0 atom stereocenters. The Hall–Kier alpha value is -3.27. The first-order valence-corrected chi connectivity index (χ1v) is 9.23. The molecule has 136 valence electrons. The van der Waals surface area contributed by atoms with Crippen LogP contribution in [0.5, 0.6) is 11.5 Å². The number of aromatic amines is 1. The average Bonchev–Trinajstić information content (AvgIpc) is 3.12. The highest BCUT2D eigenvalue weighted by Crippen LogP contribution is 2.32. The second-order valence-corrected chi connectivity index (χ2v) is 6.25. The molecule has 0 saturated carbocycles. The fourth-order valence-corrected chi connectivity index (χ4v) is 3.25. The molecule has 0 fully saturated rings. The minimum Gasteiger partial charge on any atom is -0.494 e. The summed E-state index contributed by atoms with van der Waals surface area (Å²) in [6.07, 6.45) is 0. The summed E-state index contributed by atoms with van der Waals surface area (Å²) in [5.74, 6) is 1.74. The zero-order valence-corrected chi connectivity index (χ0v) is 15.5. The normalized spacial score (nSPS) is 10.9. The molecule has 1 aromatic heterocycles. The molecule has 3 aromatic carbocycles. The summed E-state index contributed by atoms with van der Waals surface area (Å²) in [5.41, 5.74) is 5.23. The Morgan fingerprint density at radius 3 is 2.07 bits per heavy atom. The monoisotopic (exact) mass is 358 g/mol. The van der Waals surface area contributed by atoms with Crippen molar-refractivity contribution in [2.24, 2.45) is 0 Å². The van der Waals surface area contributed by atoms with Crippen molar-refractivity contribution in [3.05, 3.63) is 66.7 Å². The molecule has 4 rings (SSSR count). The van der Waals surface area contributed by atoms with Gasteiger partial charge in [-0.1, -0.05) is 30.3 Å². The molecule has 0 bridgehead atoms. The summed E-state index contributed by atoms with van der Waals surface area (Å²) in [6, 6.07) is 22.6. The van der Waals surface area contributed by atoms with E-state index in [4.69, 9.17) is 9.47 Å². The van der Waals surface area contributed by atoms with E-state index >= 15 is 0 Å². The summed E-state index contributed by atoms with van der Waals surface area (Å²) < 4.78 is 11.2. The first-order valence-electron chi connectivity index (χ1n) is 9.23. The fourth-order valence-electron chi connectivity index (χ4n) is 3.25. The van der Waals surface area contributed by atoms with E-state index in [-0.39, 0.29) is 0 Å². The predicted molar refractivity (Wildman–Crippen MR) is 109 cm³/mol. The van der Waals surface area contributed by atoms with Gasteiger partial charge < -0.3 is 9.47 Å². The molecule has 0 spiro atoms. The maximum atomic E-state index is 5.62. The van der Waals surface area contributed by atoms with Crippen LogP contribution in [-0.2, 0) is 0 Å². The van der Waals surface area contributed by atoms with Gasteiger partial charge in [0.1, 0.15) is 17.2 Å². The lowest BCUT2D eigenvalue weighted by Crippen LogP contribution is -1.91. The van der Waals surface area contributed by atoms with E-state index in [0.29, 0.717) is 13.2 Å². The van der Waals surface area contributed by atoms with E-state index in [0.717, 1.165) is 44.8 Å². The third-order valence-corrected chi connectivity index (χ3v) is 4.46. The Balaban J connectivity index is 1.72. The molecule has 0 saturated heterocycles. The summed E-state index contributed by atoms with van der Waals surface area (Å²) in [4.78, 5) is 0. The predicted octanol–water partition coefficient (Wildman–Crippen LogP) is 5.69. The lowest BCUT2D eigenvalue weighted by molar-refractivity contribution is 0.340. The number of fused-ring (bicyclic) bond motifs is 1. The van der Waals surface area contributed by atoms with E-state index in [2.05, 4.69) is 46.6 Å². The van der Waals surface area contributed by atoms with Crippen LogP contribution in [0, 0.1) is 0 Å². The quantitative estimate of drug-likeness (QED) is 0.481. The summed E-state index contributed by atoms with van der Waals surface area (Å²) >= 11 is 0. The van der Waals surface area contributed by atoms with Gasteiger partial charge in [0, 0.05) is 10.9 Å². The molecule has 27 heavy (non-hydrogen) atoms. The maximum Gasteiger partial charge on any atom is 0.119 e. The molecule has 0 aliphatic rings. The Bertz CT molecular complexity index is 1070. The van der Waals surface area contributed by atoms with E-state index < -0.39 is 0 Å². The van der Waals surface area contributed by atoms with Crippen LogP contribution in [0.4, 0.5) is 0 Å². The van der Waals surface area contributed by atoms with Crippen LogP contribution in [-0.4, -0.2) is 23.4 Å². The van der Waals surface area contributed by atoms with Gasteiger partial charge in [-0.05, 0) is 61.4 Å². The van der Waals surface area contributed by atoms with Crippen molar-refractivity contribution >= 4 is 10.9 Å². The van der Waals surface area contributed by atoms with E-state index in [1.165, 1.54) is 0 Å². The van der Waals surface area contributed by atoms with Crippen LogP contribution < -0.4 is 9.47 Å². The molecular formula is C23H22N2O2. The molecule has 0 radical (unpaired) electrons. The topological polar surface area (TPSA) is 47.1 Å². The summed E-state index contributed by atoms with van der Waals surface area (Å²) in [5, 5.41) is 8.80. The largest absolute Gasteiger partial charge is 0.494 e. The van der Waals surface area contributed by atoms with Gasteiger partial charge in [-0.2, -0.15) is 5.10 Å². The van der Waals surface area contributed by atoms with Gasteiger partial charge in [-0.25, -0.2) is 0 Å². The SMILES string of the molecule is CCOc1cccc(-c2ccc3c(-c4cccc(OCC)c4)n[nH]c3c2)c1. The van der Waals surface area contributed by atoms with Crippen molar-refractivity contribution in [1.29, 1.82) is 0 Å². The number of benzene rings is 3. The van der Waals surface area contributed by atoms with Gasteiger partial charge in [-0.3, -0.25) is 5.10 Å². The van der Waals surface area contributed by atoms with Crippen molar-refractivity contribution in [2.45, 2.75) is 13.8 Å². The van der Waals surface area contributed by atoms with Crippen molar-refractivity contribution in [2.75, 3.05) is 13.2 Å². The zero-order chi connectivity index (χ0) is 18.6. The maximum absolute atomic E-state index is 5.62. The highest BCUT2D eigenvalue weighted by atomic mass is 16.5. The van der Waals surface area contributed by atoms with Crippen LogP contribution in [0.25, 0.3) is 33.3 Å². The van der Waals surface area contributed by atoms with Crippen LogP contribution in [0.15, 0.2) is 66.7 Å². The van der Waals surface area contributed by atoms with Gasteiger partial charge in [0.2, 0.25) is 0 Å². The van der Waals surface area contributed by atoms with Gasteiger partial charge in [0.05, 0.1) is 18.7 Å². The summed E-state index contributed by atoms with van der Waals surface area (Å²) in [7, 11) is 0. The molecule has 4 aromatic rings. The number of ether oxygens (including phenoxy) is 2. The third-order valence-electron chi connectivity index (χ3n) is 4.46. The molecule has 0 amide bonds. The van der Waals surface area contributed by atoms with E-state index in [1.807, 2.05) is 44.2 Å². The van der Waals surface area contributed by atoms with Crippen LogP contribution >= 0.6 is 0 Å². The number of H-pyrrole nitrogens is 1. The molecule has 4 heteroatoms. The Morgan fingerprint density at radius 2 is 1.37 bits per heavy atom. The molecule has 4 nitrogen and oxygen atoms in total. The van der Waals surface area contributed by atoms with Crippen molar-refractivity contribution in [3.8, 4) is 33.9 Å². The number of nitrogens with one attached hydrogen (secondary N) is 1. The first-order chi connectivity index (χ1) is 13.3. The number of hydrogen-bond acceptors (Lipinski definition) is 3. The second-order valence-electron chi connectivity index (χ2n) is 6.25. The number of nitrogens with zero attached hydrogens (tertiary/aromatic N) is 1. The van der Waals surface area contributed by atoms with E-state index in [1.54, 1.807) is 0 Å². The molecular weight excluding hydrogens is 336 g/mol. The number of aromatic nitrogens is 2. The van der Waals surface area contributed by atoms with Gasteiger partial charge in [0.25, 0.3) is 0 Å². The molecule has 1 N–H and O–H groups in total. The molecule has 0 unspecified atom stereocenters. The Kier molecular flexibility index (Phi) is 4.79. The highest BCUT2D eigenvalue weighted by molar-refractivity contribution is 5.95. The number of hydrogen-bond donors (Lipinski definition) is 1. The van der Waals surface area contributed by atoms with Gasteiger partial charge in [0.15, 0.2) is 0 Å². The Morgan fingerprint density at radius 1 is 0.741 bits per heavy atom. The lowest BCUT2D eigenvalue weighted by Gasteiger charge is -2.07. The first kappa shape index (κ1) is 17.2. The smallest absolute Gasteiger partial charge is 0.119 e. The highest BCUT2D eigenvalue weighted by Gasteiger charge is 2.10. The minimum atomic E-state index is 0.648. The lowest BCUT2D eigenvalue weighted by atomic mass is 10.0. The van der Waals surface area contributed by atoms with Crippen molar-refractivity contribution < 1.29 is 9.47 Å². The van der Waals surface area contributed by atoms with Crippen LogP contribution in [0.2, 0.25) is 0 Å². The minimum absolute atomic E-state index is 0.648. The van der Waals surface area contributed by atoms with Gasteiger partial charge in [-0.15, -0.1) is 0 Å². The molecule has 0 aliphatic carbocycles.